The molecule has 0 fully saturated rings. The minimum Gasteiger partial charge on any atom is -0.507 e. The largest absolute Gasteiger partial charge is 0.507 e. The van der Waals surface area contributed by atoms with Gasteiger partial charge in [0.05, 0.1) is 7.11 Å². The number of esters is 1. The molecule has 0 bridgehead atoms. The van der Waals surface area contributed by atoms with E-state index < -0.39 is 12.0 Å². The highest BCUT2D eigenvalue weighted by Gasteiger charge is 2.15. The summed E-state index contributed by atoms with van der Waals surface area (Å²) in [5.74, 6) is -0.140. The van der Waals surface area contributed by atoms with Crippen LogP contribution in [0.3, 0.4) is 0 Å². The van der Waals surface area contributed by atoms with Crippen LogP contribution in [0, 0.1) is 13.8 Å². The van der Waals surface area contributed by atoms with Gasteiger partial charge in [-0.25, -0.2) is 0 Å². The molecular weight excluding hydrogens is 242 g/mol. The summed E-state index contributed by atoms with van der Waals surface area (Å²) in [5.41, 5.74) is 8.15. The van der Waals surface area contributed by atoms with Gasteiger partial charge in [-0.05, 0) is 37.0 Å². The topological polar surface area (TPSA) is 72.5 Å². The number of hydrogen-bond acceptors (Lipinski definition) is 4. The number of benzene rings is 1. The van der Waals surface area contributed by atoms with Crippen molar-refractivity contribution >= 4 is 18.4 Å². The van der Waals surface area contributed by atoms with Crippen molar-refractivity contribution in [3.05, 3.63) is 28.8 Å². The highest BCUT2D eigenvalue weighted by Crippen LogP contribution is 2.23. The maximum atomic E-state index is 11.2. The second-order valence-electron chi connectivity index (χ2n) is 3.91. The minimum absolute atomic E-state index is 0. The SMILES string of the molecule is COC(=O)[C@@H](N)Cc1cc(C)c(O)c(C)c1.Cl. The molecule has 0 aliphatic heterocycles. The number of phenols is 1. The van der Waals surface area contributed by atoms with E-state index in [1.54, 1.807) is 0 Å². The van der Waals surface area contributed by atoms with E-state index in [-0.39, 0.29) is 18.2 Å². The number of hydrogen-bond donors (Lipinski definition) is 2. The van der Waals surface area contributed by atoms with E-state index >= 15 is 0 Å². The Hall–Kier alpha value is -1.26. The molecule has 1 rings (SSSR count). The Morgan fingerprint density at radius 3 is 2.29 bits per heavy atom. The van der Waals surface area contributed by atoms with E-state index in [9.17, 15) is 9.90 Å². The van der Waals surface area contributed by atoms with Crippen molar-refractivity contribution in [1.82, 2.24) is 0 Å². The van der Waals surface area contributed by atoms with Crippen LogP contribution in [0.4, 0.5) is 0 Å². The van der Waals surface area contributed by atoms with Gasteiger partial charge in [0.2, 0.25) is 0 Å². The van der Waals surface area contributed by atoms with Gasteiger partial charge >= 0.3 is 5.97 Å². The van der Waals surface area contributed by atoms with Crippen LogP contribution in [-0.4, -0.2) is 24.2 Å². The van der Waals surface area contributed by atoms with Crippen molar-refractivity contribution in [2.45, 2.75) is 26.3 Å². The molecule has 0 heterocycles. The molecule has 4 nitrogen and oxygen atoms in total. The highest BCUT2D eigenvalue weighted by atomic mass is 35.5. The number of rotatable bonds is 3. The second-order valence-corrected chi connectivity index (χ2v) is 3.91. The highest BCUT2D eigenvalue weighted by molar-refractivity contribution is 5.85. The fraction of sp³-hybridized carbons (Fsp3) is 0.417. The Balaban J connectivity index is 0.00000256. The molecule has 0 aliphatic carbocycles. The van der Waals surface area contributed by atoms with E-state index in [0.717, 1.165) is 16.7 Å². The lowest BCUT2D eigenvalue weighted by molar-refractivity contribution is -0.142. The van der Waals surface area contributed by atoms with Crippen LogP contribution in [0.2, 0.25) is 0 Å². The van der Waals surface area contributed by atoms with Gasteiger partial charge in [0, 0.05) is 0 Å². The fourth-order valence-corrected chi connectivity index (χ4v) is 1.65. The Kier molecular flexibility index (Phi) is 5.99. The number of phenolic OH excluding ortho intramolecular Hbond substituents is 1. The molecule has 0 amide bonds. The number of carbonyl (C=O) groups is 1. The van der Waals surface area contributed by atoms with Gasteiger partial charge in [0.25, 0.3) is 0 Å². The molecule has 1 aromatic carbocycles. The molecule has 0 aromatic heterocycles. The molecule has 0 radical (unpaired) electrons. The lowest BCUT2D eigenvalue weighted by Crippen LogP contribution is -2.33. The Labute approximate surface area is 107 Å². The summed E-state index contributed by atoms with van der Waals surface area (Å²) in [6.07, 6.45) is 0.411. The first-order chi connectivity index (χ1) is 7.45. The standard InChI is InChI=1S/C12H17NO3.ClH/c1-7-4-9(5-8(2)11(7)14)6-10(13)12(15)16-3;/h4-5,10,14H,6,13H2,1-3H3;1H/t10-;/m0./s1. The summed E-state index contributed by atoms with van der Waals surface area (Å²) < 4.78 is 4.56. The van der Waals surface area contributed by atoms with Crippen molar-refractivity contribution in [1.29, 1.82) is 0 Å². The number of nitrogens with two attached hydrogens (primary N) is 1. The van der Waals surface area contributed by atoms with Crippen LogP contribution in [0.5, 0.6) is 5.75 Å². The van der Waals surface area contributed by atoms with E-state index in [1.807, 2.05) is 26.0 Å². The molecule has 3 N–H and O–H groups in total. The summed E-state index contributed by atoms with van der Waals surface area (Å²) in [7, 11) is 1.31. The third-order valence-electron chi connectivity index (χ3n) is 2.51. The van der Waals surface area contributed by atoms with E-state index in [2.05, 4.69) is 4.74 Å². The van der Waals surface area contributed by atoms with E-state index in [4.69, 9.17) is 5.73 Å². The maximum absolute atomic E-state index is 11.2. The number of aromatic hydroxyl groups is 1. The maximum Gasteiger partial charge on any atom is 0.322 e. The van der Waals surface area contributed by atoms with Gasteiger partial charge in [-0.15, -0.1) is 12.4 Å². The summed E-state index contributed by atoms with van der Waals surface area (Å²) in [4.78, 5) is 11.2. The van der Waals surface area contributed by atoms with Crippen LogP contribution in [0.1, 0.15) is 16.7 Å². The average molecular weight is 260 g/mol. The number of ether oxygens (including phenoxy) is 1. The van der Waals surface area contributed by atoms with Gasteiger partial charge in [-0.1, -0.05) is 12.1 Å². The predicted octanol–water partition coefficient (Wildman–Crippen LogP) is 1.47. The van der Waals surface area contributed by atoms with Crippen molar-refractivity contribution in [2.75, 3.05) is 7.11 Å². The van der Waals surface area contributed by atoms with E-state index in [1.165, 1.54) is 7.11 Å². The molecule has 0 spiro atoms. The third kappa shape index (κ3) is 3.91. The van der Waals surface area contributed by atoms with Crippen LogP contribution in [0.15, 0.2) is 12.1 Å². The lowest BCUT2D eigenvalue weighted by atomic mass is 10.0. The molecule has 1 atom stereocenters. The first-order valence-corrected chi connectivity index (χ1v) is 5.08. The zero-order chi connectivity index (χ0) is 12.3. The number of methoxy groups -OCH3 is 1. The smallest absolute Gasteiger partial charge is 0.322 e. The van der Waals surface area contributed by atoms with Crippen LogP contribution in [-0.2, 0) is 16.0 Å². The van der Waals surface area contributed by atoms with Crippen molar-refractivity contribution in [3.63, 3.8) is 0 Å². The molecule has 5 heteroatoms. The van der Waals surface area contributed by atoms with Crippen molar-refractivity contribution < 1.29 is 14.6 Å². The van der Waals surface area contributed by atoms with Crippen LogP contribution < -0.4 is 5.73 Å². The summed E-state index contributed by atoms with van der Waals surface area (Å²) in [6, 6.07) is 2.99. The molecule has 17 heavy (non-hydrogen) atoms. The fourth-order valence-electron chi connectivity index (χ4n) is 1.65. The minimum atomic E-state index is -0.659. The average Bonchev–Trinajstić information content (AvgIpc) is 2.24. The monoisotopic (exact) mass is 259 g/mol. The molecule has 0 saturated heterocycles. The van der Waals surface area contributed by atoms with Gasteiger partial charge in [-0.3, -0.25) is 4.79 Å². The van der Waals surface area contributed by atoms with Crippen LogP contribution >= 0.6 is 12.4 Å². The Bertz CT molecular complexity index is 384. The molecule has 1 aromatic rings. The molecule has 96 valence electrons. The third-order valence-corrected chi connectivity index (χ3v) is 2.51. The zero-order valence-electron chi connectivity index (χ0n) is 10.2. The first kappa shape index (κ1) is 15.7. The first-order valence-electron chi connectivity index (χ1n) is 5.08. The van der Waals surface area contributed by atoms with E-state index in [0.29, 0.717) is 6.42 Å². The molecule has 0 saturated carbocycles. The van der Waals surface area contributed by atoms with Crippen molar-refractivity contribution in [2.24, 2.45) is 5.73 Å². The normalized spacial score (nSPS) is 11.5. The van der Waals surface area contributed by atoms with Crippen LogP contribution in [0.25, 0.3) is 0 Å². The number of aryl methyl sites for hydroxylation is 2. The quantitative estimate of drug-likeness (QED) is 0.807. The molecule has 0 aliphatic rings. The Morgan fingerprint density at radius 2 is 1.88 bits per heavy atom. The van der Waals surface area contributed by atoms with Gasteiger partial charge in [-0.2, -0.15) is 0 Å². The van der Waals surface area contributed by atoms with Gasteiger partial charge in [0.1, 0.15) is 11.8 Å². The summed E-state index contributed by atoms with van der Waals surface area (Å²) in [6.45, 7) is 3.63. The second kappa shape index (κ2) is 6.47. The number of carbonyl (C=O) groups excluding carboxylic acids is 1. The summed E-state index contributed by atoms with van der Waals surface area (Å²) in [5, 5.41) is 9.60. The zero-order valence-corrected chi connectivity index (χ0v) is 11.0. The predicted molar refractivity (Wildman–Crippen MR) is 68.5 cm³/mol. The van der Waals surface area contributed by atoms with Gasteiger partial charge in [0.15, 0.2) is 0 Å². The number of halogens is 1. The molecule has 0 unspecified atom stereocenters. The molecular formula is C12H18ClNO3. The van der Waals surface area contributed by atoms with Gasteiger partial charge < -0.3 is 15.6 Å². The summed E-state index contributed by atoms with van der Waals surface area (Å²) >= 11 is 0. The van der Waals surface area contributed by atoms with Crippen molar-refractivity contribution in [3.8, 4) is 5.75 Å². The Morgan fingerprint density at radius 1 is 1.41 bits per heavy atom. The lowest BCUT2D eigenvalue weighted by Gasteiger charge is -2.11.